The van der Waals surface area contributed by atoms with Crippen LogP contribution in [0.2, 0.25) is 0 Å². The Labute approximate surface area is 206 Å². The average molecular weight is 509 g/mol. The Morgan fingerprint density at radius 3 is 2.36 bits per heavy atom. The standard InChI is InChI=1S/C28H34BrN3O/c1-18(2)28(6)22-16-20(19-12-14-31(15-13-19)27(3,4)5)10-11-25(22)32(26(28)33)24-9-7-8-23(29)21(24)17-30/h7-11,16,18-19H,12-15H2,1-6H3. The van der Waals surface area contributed by atoms with Crippen LogP contribution in [0.25, 0.3) is 0 Å². The van der Waals surface area contributed by atoms with E-state index in [1.165, 1.54) is 5.56 Å². The van der Waals surface area contributed by atoms with Gasteiger partial charge in [0.2, 0.25) is 5.91 Å². The number of piperidine rings is 1. The molecule has 2 aliphatic heterocycles. The lowest BCUT2D eigenvalue weighted by Gasteiger charge is -2.41. The Morgan fingerprint density at radius 1 is 1.12 bits per heavy atom. The number of carbonyl (C=O) groups is 1. The van der Waals surface area contributed by atoms with Crippen molar-refractivity contribution in [1.29, 1.82) is 5.26 Å². The predicted octanol–water partition coefficient (Wildman–Crippen LogP) is 6.89. The van der Waals surface area contributed by atoms with Gasteiger partial charge in [-0.3, -0.25) is 14.6 Å². The maximum absolute atomic E-state index is 13.9. The highest BCUT2D eigenvalue weighted by atomic mass is 79.9. The highest BCUT2D eigenvalue weighted by Crippen LogP contribution is 2.51. The first-order chi connectivity index (χ1) is 15.5. The lowest BCUT2D eigenvalue weighted by molar-refractivity contribution is -0.123. The summed E-state index contributed by atoms with van der Waals surface area (Å²) in [5.41, 5.74) is 4.03. The van der Waals surface area contributed by atoms with Crippen molar-refractivity contribution in [3.63, 3.8) is 0 Å². The summed E-state index contributed by atoms with van der Waals surface area (Å²) < 4.78 is 0.706. The van der Waals surface area contributed by atoms with E-state index in [9.17, 15) is 10.1 Å². The van der Waals surface area contributed by atoms with Crippen molar-refractivity contribution in [1.82, 2.24) is 4.90 Å². The zero-order valence-corrected chi connectivity index (χ0v) is 22.2. The molecular weight excluding hydrogens is 474 g/mol. The summed E-state index contributed by atoms with van der Waals surface area (Å²) in [5.74, 6) is 0.682. The molecule has 0 radical (unpaired) electrons. The molecule has 0 spiro atoms. The number of hydrogen-bond donors (Lipinski definition) is 0. The maximum atomic E-state index is 13.9. The van der Waals surface area contributed by atoms with Gasteiger partial charge in [-0.1, -0.05) is 32.0 Å². The number of amides is 1. The normalized spacial score (nSPS) is 22.0. The summed E-state index contributed by atoms with van der Waals surface area (Å²) in [6, 6.07) is 14.5. The third-order valence-electron chi connectivity index (χ3n) is 7.88. The second kappa shape index (κ2) is 8.56. The van der Waals surface area contributed by atoms with Gasteiger partial charge < -0.3 is 0 Å². The van der Waals surface area contributed by atoms with Gasteiger partial charge in [-0.2, -0.15) is 5.26 Å². The summed E-state index contributed by atoms with van der Waals surface area (Å²) in [6.45, 7) is 15.4. The fraction of sp³-hybridized carbons (Fsp3) is 0.500. The highest BCUT2D eigenvalue weighted by molar-refractivity contribution is 9.10. The van der Waals surface area contributed by atoms with E-state index in [1.54, 1.807) is 4.90 Å². The van der Waals surface area contributed by atoms with Gasteiger partial charge in [-0.05, 0) is 111 Å². The molecule has 2 aromatic carbocycles. The zero-order chi connectivity index (χ0) is 24.1. The smallest absolute Gasteiger partial charge is 0.242 e. The van der Waals surface area contributed by atoms with E-state index < -0.39 is 5.41 Å². The first kappa shape index (κ1) is 24.0. The molecule has 2 aliphatic rings. The predicted molar refractivity (Wildman–Crippen MR) is 138 cm³/mol. The summed E-state index contributed by atoms with van der Waals surface area (Å²) >= 11 is 3.49. The van der Waals surface area contributed by atoms with Crippen LogP contribution in [0.5, 0.6) is 0 Å². The van der Waals surface area contributed by atoms with Crippen molar-refractivity contribution in [3.8, 4) is 6.07 Å². The summed E-state index contributed by atoms with van der Waals surface area (Å²) in [4.78, 5) is 18.3. The molecule has 0 bridgehead atoms. The quantitative estimate of drug-likeness (QED) is 0.454. The topological polar surface area (TPSA) is 47.3 Å². The first-order valence-electron chi connectivity index (χ1n) is 11.9. The van der Waals surface area contributed by atoms with Gasteiger partial charge >= 0.3 is 0 Å². The summed E-state index contributed by atoms with van der Waals surface area (Å²) in [5, 5.41) is 9.80. The minimum Gasteiger partial charge on any atom is -0.298 e. The minimum absolute atomic E-state index is 0.0433. The van der Waals surface area contributed by atoms with Crippen LogP contribution in [0, 0.1) is 17.2 Å². The number of hydrogen-bond acceptors (Lipinski definition) is 3. The van der Waals surface area contributed by atoms with Crippen LogP contribution in [0.4, 0.5) is 11.4 Å². The Bertz CT molecular complexity index is 1120. The molecule has 1 fully saturated rings. The molecule has 4 rings (SSSR count). The molecule has 2 aromatic rings. The van der Waals surface area contributed by atoms with Crippen LogP contribution in [0.1, 0.15) is 77.0 Å². The monoisotopic (exact) mass is 507 g/mol. The third-order valence-corrected chi connectivity index (χ3v) is 8.54. The van der Waals surface area contributed by atoms with Crippen molar-refractivity contribution in [2.45, 2.75) is 71.3 Å². The van der Waals surface area contributed by atoms with Crippen molar-refractivity contribution in [3.05, 3.63) is 57.6 Å². The second-order valence-corrected chi connectivity index (χ2v) is 11.8. The summed E-state index contributed by atoms with van der Waals surface area (Å²) in [7, 11) is 0. The maximum Gasteiger partial charge on any atom is 0.242 e. The molecule has 1 amide bonds. The van der Waals surface area contributed by atoms with Gasteiger partial charge in [0.05, 0.1) is 22.4 Å². The molecule has 174 valence electrons. The number of likely N-dealkylation sites (tertiary alicyclic amines) is 1. The van der Waals surface area contributed by atoms with E-state index in [2.05, 4.69) is 86.6 Å². The van der Waals surface area contributed by atoms with Crippen LogP contribution < -0.4 is 4.90 Å². The molecule has 5 heteroatoms. The molecule has 0 N–H and O–H groups in total. The number of benzene rings is 2. The lowest BCUT2D eigenvalue weighted by Crippen LogP contribution is -2.45. The second-order valence-electron chi connectivity index (χ2n) is 11.0. The fourth-order valence-corrected chi connectivity index (χ4v) is 5.81. The third kappa shape index (κ3) is 3.92. The molecule has 1 atom stereocenters. The number of halogens is 1. The number of nitriles is 1. The SMILES string of the molecule is CC(C)C1(C)C(=O)N(c2cccc(Br)c2C#N)c2ccc(C3CCN(C(C)(C)C)CC3)cc21. The van der Waals surface area contributed by atoms with E-state index in [0.717, 1.165) is 37.2 Å². The molecule has 0 aromatic heterocycles. The molecule has 0 aliphatic carbocycles. The zero-order valence-electron chi connectivity index (χ0n) is 20.6. The van der Waals surface area contributed by atoms with Gasteiger partial charge in [0.1, 0.15) is 6.07 Å². The Kier molecular flexibility index (Phi) is 6.22. The van der Waals surface area contributed by atoms with E-state index in [1.807, 2.05) is 18.2 Å². The van der Waals surface area contributed by atoms with Gasteiger partial charge in [0.25, 0.3) is 0 Å². The first-order valence-corrected chi connectivity index (χ1v) is 12.7. The minimum atomic E-state index is -0.632. The number of carbonyl (C=O) groups excluding carboxylic acids is 1. The van der Waals surface area contributed by atoms with E-state index in [0.29, 0.717) is 21.6 Å². The van der Waals surface area contributed by atoms with E-state index in [-0.39, 0.29) is 17.4 Å². The van der Waals surface area contributed by atoms with E-state index >= 15 is 0 Å². The molecule has 2 heterocycles. The molecule has 1 saturated heterocycles. The largest absolute Gasteiger partial charge is 0.298 e. The average Bonchev–Trinajstić information content (AvgIpc) is 3.00. The fourth-order valence-electron chi connectivity index (χ4n) is 5.37. The van der Waals surface area contributed by atoms with Crippen molar-refractivity contribution < 1.29 is 4.79 Å². The Balaban J connectivity index is 1.77. The molecule has 33 heavy (non-hydrogen) atoms. The molecule has 0 saturated carbocycles. The number of anilines is 2. The molecule has 4 nitrogen and oxygen atoms in total. The van der Waals surface area contributed by atoms with Crippen molar-refractivity contribution >= 4 is 33.2 Å². The van der Waals surface area contributed by atoms with Gasteiger partial charge in [-0.15, -0.1) is 0 Å². The van der Waals surface area contributed by atoms with Crippen molar-refractivity contribution in [2.75, 3.05) is 18.0 Å². The van der Waals surface area contributed by atoms with Crippen LogP contribution in [-0.2, 0) is 10.2 Å². The Hall–Kier alpha value is -2.16. The molecular formula is C28H34BrN3O. The highest BCUT2D eigenvalue weighted by Gasteiger charge is 2.50. The number of rotatable bonds is 3. The van der Waals surface area contributed by atoms with Crippen LogP contribution >= 0.6 is 15.9 Å². The molecule has 1 unspecified atom stereocenters. The lowest BCUT2D eigenvalue weighted by atomic mass is 9.73. The van der Waals surface area contributed by atoms with Gasteiger partial charge in [0.15, 0.2) is 0 Å². The van der Waals surface area contributed by atoms with Crippen molar-refractivity contribution in [2.24, 2.45) is 5.92 Å². The summed E-state index contributed by atoms with van der Waals surface area (Å²) in [6.07, 6.45) is 2.27. The van der Waals surface area contributed by atoms with Gasteiger partial charge in [-0.25, -0.2) is 0 Å². The number of fused-ring (bicyclic) bond motifs is 1. The van der Waals surface area contributed by atoms with Crippen LogP contribution in [0.15, 0.2) is 40.9 Å². The van der Waals surface area contributed by atoms with Crippen LogP contribution in [0.3, 0.4) is 0 Å². The van der Waals surface area contributed by atoms with E-state index in [4.69, 9.17) is 0 Å². The van der Waals surface area contributed by atoms with Gasteiger partial charge in [0, 0.05) is 10.0 Å². The Morgan fingerprint density at radius 2 is 1.79 bits per heavy atom. The number of nitrogens with zero attached hydrogens (tertiary/aromatic N) is 3. The van der Waals surface area contributed by atoms with Crippen LogP contribution in [-0.4, -0.2) is 29.4 Å².